The molecule has 2 aliphatic rings. The smallest absolute Gasteiger partial charge is 0.234 e. The highest BCUT2D eigenvalue weighted by molar-refractivity contribution is 5.78. The SMILES string of the molecule is Cc1nc(C)n(CC2CN(CC(=O)NC3CCCC3)CCO2)n1. The first-order chi connectivity index (χ1) is 11.1. The fourth-order valence-electron chi connectivity index (χ4n) is 3.51. The van der Waals surface area contributed by atoms with Crippen molar-refractivity contribution in [2.75, 3.05) is 26.2 Å². The molecule has 3 rings (SSSR count). The highest BCUT2D eigenvalue weighted by atomic mass is 16.5. The minimum Gasteiger partial charge on any atom is -0.374 e. The van der Waals surface area contributed by atoms with Crippen molar-refractivity contribution in [3.8, 4) is 0 Å². The Morgan fingerprint density at radius 3 is 2.83 bits per heavy atom. The van der Waals surface area contributed by atoms with Gasteiger partial charge in [0.05, 0.1) is 25.8 Å². The van der Waals surface area contributed by atoms with Crippen LogP contribution in [0.1, 0.15) is 37.3 Å². The number of amides is 1. The third-order valence-electron chi connectivity index (χ3n) is 4.65. The molecule has 1 atom stereocenters. The summed E-state index contributed by atoms with van der Waals surface area (Å²) >= 11 is 0. The molecule has 7 nitrogen and oxygen atoms in total. The van der Waals surface area contributed by atoms with E-state index >= 15 is 0 Å². The zero-order valence-corrected chi connectivity index (χ0v) is 14.1. The maximum atomic E-state index is 12.2. The zero-order valence-electron chi connectivity index (χ0n) is 14.1. The van der Waals surface area contributed by atoms with Crippen LogP contribution in [0.4, 0.5) is 0 Å². The summed E-state index contributed by atoms with van der Waals surface area (Å²) < 4.78 is 7.72. The first kappa shape index (κ1) is 16.4. The molecular formula is C16H27N5O2. The number of carbonyl (C=O) groups excluding carboxylic acids is 1. The van der Waals surface area contributed by atoms with Gasteiger partial charge in [-0.05, 0) is 26.7 Å². The number of rotatable bonds is 5. The summed E-state index contributed by atoms with van der Waals surface area (Å²) in [6.45, 7) is 7.23. The largest absolute Gasteiger partial charge is 0.374 e. The van der Waals surface area contributed by atoms with Crippen LogP contribution in [-0.2, 0) is 16.1 Å². The Morgan fingerprint density at radius 1 is 1.35 bits per heavy atom. The van der Waals surface area contributed by atoms with E-state index in [1.54, 1.807) is 0 Å². The number of hydrogen-bond acceptors (Lipinski definition) is 5. The average molecular weight is 321 g/mol. The Bertz CT molecular complexity index is 539. The molecule has 23 heavy (non-hydrogen) atoms. The van der Waals surface area contributed by atoms with Crippen LogP contribution in [0.3, 0.4) is 0 Å². The van der Waals surface area contributed by atoms with Crippen molar-refractivity contribution in [2.24, 2.45) is 0 Å². The minimum absolute atomic E-state index is 0.0582. The molecule has 0 bridgehead atoms. The van der Waals surface area contributed by atoms with E-state index in [9.17, 15) is 4.79 Å². The van der Waals surface area contributed by atoms with Crippen molar-refractivity contribution in [3.05, 3.63) is 11.6 Å². The molecule has 1 N–H and O–H groups in total. The second-order valence-corrected chi connectivity index (χ2v) is 6.67. The first-order valence-electron chi connectivity index (χ1n) is 8.61. The number of ether oxygens (including phenoxy) is 1. The molecule has 0 radical (unpaired) electrons. The van der Waals surface area contributed by atoms with E-state index in [4.69, 9.17) is 4.74 Å². The highest BCUT2D eigenvalue weighted by Gasteiger charge is 2.24. The van der Waals surface area contributed by atoms with Crippen LogP contribution in [0, 0.1) is 13.8 Å². The summed E-state index contributed by atoms with van der Waals surface area (Å²) in [5.74, 6) is 1.83. The van der Waals surface area contributed by atoms with E-state index in [2.05, 4.69) is 20.3 Å². The zero-order chi connectivity index (χ0) is 16.2. The molecule has 0 spiro atoms. The van der Waals surface area contributed by atoms with Gasteiger partial charge >= 0.3 is 0 Å². The van der Waals surface area contributed by atoms with E-state index in [1.807, 2.05) is 18.5 Å². The second-order valence-electron chi connectivity index (χ2n) is 6.67. The molecule has 0 aromatic carbocycles. The number of nitrogens with zero attached hydrogens (tertiary/aromatic N) is 4. The van der Waals surface area contributed by atoms with Crippen LogP contribution >= 0.6 is 0 Å². The van der Waals surface area contributed by atoms with Crippen molar-refractivity contribution in [3.63, 3.8) is 0 Å². The molecule has 1 saturated heterocycles. The van der Waals surface area contributed by atoms with Gasteiger partial charge in [-0.25, -0.2) is 9.67 Å². The van der Waals surface area contributed by atoms with Gasteiger partial charge in [-0.15, -0.1) is 0 Å². The van der Waals surface area contributed by atoms with Crippen LogP contribution in [-0.4, -0.2) is 64.0 Å². The second kappa shape index (κ2) is 7.40. The van der Waals surface area contributed by atoms with E-state index in [-0.39, 0.29) is 12.0 Å². The van der Waals surface area contributed by atoms with Gasteiger partial charge in [-0.2, -0.15) is 5.10 Å². The standard InChI is InChI=1S/C16H27N5O2/c1-12-17-13(2)21(19-12)10-15-9-20(7-8-23-15)11-16(22)18-14-5-3-4-6-14/h14-15H,3-11H2,1-2H3,(H,18,22). The number of carbonyl (C=O) groups is 1. The molecule has 2 heterocycles. The van der Waals surface area contributed by atoms with Gasteiger partial charge in [0.1, 0.15) is 11.6 Å². The number of nitrogens with one attached hydrogen (secondary N) is 1. The Morgan fingerprint density at radius 2 is 2.13 bits per heavy atom. The molecule has 7 heteroatoms. The lowest BCUT2D eigenvalue weighted by Crippen LogP contribution is -2.49. The van der Waals surface area contributed by atoms with Crippen LogP contribution in [0.25, 0.3) is 0 Å². The maximum Gasteiger partial charge on any atom is 0.234 e. The van der Waals surface area contributed by atoms with Crippen molar-refractivity contribution in [1.82, 2.24) is 25.0 Å². The summed E-state index contributed by atoms with van der Waals surface area (Å²) in [6.07, 6.45) is 4.79. The monoisotopic (exact) mass is 321 g/mol. The average Bonchev–Trinajstić information content (AvgIpc) is 3.09. The van der Waals surface area contributed by atoms with E-state index in [0.29, 0.717) is 25.7 Å². The third kappa shape index (κ3) is 4.51. The van der Waals surface area contributed by atoms with Gasteiger partial charge in [0.15, 0.2) is 0 Å². The summed E-state index contributed by atoms with van der Waals surface area (Å²) in [4.78, 5) is 18.7. The Hall–Kier alpha value is -1.47. The first-order valence-corrected chi connectivity index (χ1v) is 8.61. The van der Waals surface area contributed by atoms with Gasteiger partial charge in [0, 0.05) is 19.1 Å². The van der Waals surface area contributed by atoms with Crippen LogP contribution in [0.15, 0.2) is 0 Å². The van der Waals surface area contributed by atoms with Crippen molar-refractivity contribution >= 4 is 5.91 Å². The number of hydrogen-bond donors (Lipinski definition) is 1. The molecule has 1 aliphatic heterocycles. The number of aryl methyl sites for hydroxylation is 2. The van der Waals surface area contributed by atoms with Gasteiger partial charge < -0.3 is 10.1 Å². The predicted octanol–water partition coefficient (Wildman–Crippen LogP) is 0.655. The third-order valence-corrected chi connectivity index (χ3v) is 4.65. The summed E-state index contributed by atoms with van der Waals surface area (Å²) in [7, 11) is 0. The number of aromatic nitrogens is 3. The normalized spacial score (nSPS) is 23.3. The maximum absolute atomic E-state index is 12.2. The quantitative estimate of drug-likeness (QED) is 0.862. The molecule has 1 aliphatic carbocycles. The molecule has 128 valence electrons. The molecule has 2 fully saturated rings. The van der Waals surface area contributed by atoms with E-state index < -0.39 is 0 Å². The molecule has 1 aromatic rings. The van der Waals surface area contributed by atoms with E-state index in [0.717, 1.165) is 37.6 Å². The predicted molar refractivity (Wildman–Crippen MR) is 86.1 cm³/mol. The highest BCUT2D eigenvalue weighted by Crippen LogP contribution is 2.17. The lowest BCUT2D eigenvalue weighted by atomic mass is 10.2. The molecule has 1 unspecified atom stereocenters. The van der Waals surface area contributed by atoms with Crippen LogP contribution in [0.2, 0.25) is 0 Å². The Kier molecular flexibility index (Phi) is 5.27. The summed E-state index contributed by atoms with van der Waals surface area (Å²) in [6, 6.07) is 0.389. The minimum atomic E-state index is 0.0582. The Balaban J connectivity index is 1.47. The Labute approximate surface area is 137 Å². The van der Waals surface area contributed by atoms with Crippen molar-refractivity contribution in [1.29, 1.82) is 0 Å². The molecular weight excluding hydrogens is 294 g/mol. The van der Waals surface area contributed by atoms with Gasteiger partial charge in [0.25, 0.3) is 0 Å². The fourth-order valence-corrected chi connectivity index (χ4v) is 3.51. The lowest BCUT2D eigenvalue weighted by molar-refractivity contribution is -0.125. The van der Waals surface area contributed by atoms with E-state index in [1.165, 1.54) is 12.8 Å². The lowest BCUT2D eigenvalue weighted by Gasteiger charge is -2.32. The van der Waals surface area contributed by atoms with Gasteiger partial charge in [0.2, 0.25) is 5.91 Å². The molecule has 1 amide bonds. The topological polar surface area (TPSA) is 72.3 Å². The van der Waals surface area contributed by atoms with Gasteiger partial charge in [-0.1, -0.05) is 12.8 Å². The van der Waals surface area contributed by atoms with Crippen LogP contribution < -0.4 is 5.32 Å². The van der Waals surface area contributed by atoms with Crippen molar-refractivity contribution in [2.45, 2.75) is 58.2 Å². The molecule has 1 saturated carbocycles. The van der Waals surface area contributed by atoms with Crippen molar-refractivity contribution < 1.29 is 9.53 Å². The summed E-state index contributed by atoms with van der Waals surface area (Å²) in [5.41, 5.74) is 0. The fraction of sp³-hybridized carbons (Fsp3) is 0.812. The van der Waals surface area contributed by atoms with Crippen LogP contribution in [0.5, 0.6) is 0 Å². The number of morpholine rings is 1. The molecule has 1 aromatic heterocycles. The van der Waals surface area contributed by atoms with Gasteiger partial charge in [-0.3, -0.25) is 9.69 Å². The summed E-state index contributed by atoms with van der Waals surface area (Å²) in [5, 5.41) is 7.54.